The quantitative estimate of drug-likeness (QED) is 0.319. The van der Waals surface area contributed by atoms with Crippen molar-refractivity contribution in [2.45, 2.75) is 32.1 Å². The van der Waals surface area contributed by atoms with Crippen molar-refractivity contribution in [2.24, 2.45) is 23.7 Å². The lowest BCUT2D eigenvalue weighted by atomic mass is 9.85. The van der Waals surface area contributed by atoms with Gasteiger partial charge in [-0.05, 0) is 37.8 Å². The van der Waals surface area contributed by atoms with Gasteiger partial charge in [-0.1, -0.05) is 41.3 Å². The molecule has 2 bridgehead atoms. The fourth-order valence-electron chi connectivity index (χ4n) is 5.54. The van der Waals surface area contributed by atoms with Gasteiger partial charge in [-0.3, -0.25) is 19.7 Å². The van der Waals surface area contributed by atoms with Crippen LogP contribution in [0.1, 0.15) is 32.1 Å². The molecule has 4 aliphatic rings. The molecule has 1 aromatic carbocycles. The Hall–Kier alpha value is -2.47. The van der Waals surface area contributed by atoms with Crippen molar-refractivity contribution in [1.29, 1.82) is 0 Å². The van der Waals surface area contributed by atoms with E-state index in [-0.39, 0.29) is 51.9 Å². The largest absolute Gasteiger partial charge is 0.289 e. The Balaban J connectivity index is 1.52. The van der Waals surface area contributed by atoms with Gasteiger partial charge in [0, 0.05) is 17.9 Å². The third kappa shape index (κ3) is 2.33. The number of rotatable bonds is 2. The van der Waals surface area contributed by atoms with E-state index < -0.39 is 4.92 Å². The minimum atomic E-state index is -0.603. The van der Waals surface area contributed by atoms with E-state index in [2.05, 4.69) is 12.2 Å². The molecule has 144 valence electrons. The van der Waals surface area contributed by atoms with Crippen molar-refractivity contribution in [2.75, 3.05) is 4.90 Å². The molecule has 3 aliphatic carbocycles. The van der Waals surface area contributed by atoms with Crippen LogP contribution < -0.4 is 4.90 Å². The topological polar surface area (TPSA) is 80.5 Å². The van der Waals surface area contributed by atoms with Gasteiger partial charge in [0.25, 0.3) is 5.69 Å². The fraction of sp³-hybridized carbons (Fsp3) is 0.429. The second kappa shape index (κ2) is 6.27. The molecule has 1 saturated heterocycles. The summed E-state index contributed by atoms with van der Waals surface area (Å²) in [5.74, 6) is -1.29. The molecule has 0 radical (unpaired) electrons. The van der Waals surface area contributed by atoms with Crippen LogP contribution >= 0.6 is 11.6 Å². The summed E-state index contributed by atoms with van der Waals surface area (Å²) in [4.78, 5) is 38.2. The van der Waals surface area contributed by atoms with Crippen LogP contribution in [0.2, 0.25) is 5.02 Å². The van der Waals surface area contributed by atoms with Gasteiger partial charge in [-0.2, -0.15) is 0 Å². The molecule has 0 aromatic heterocycles. The molecule has 28 heavy (non-hydrogen) atoms. The van der Waals surface area contributed by atoms with Crippen molar-refractivity contribution in [3.63, 3.8) is 0 Å². The normalized spacial score (nSPS) is 31.1. The summed E-state index contributed by atoms with van der Waals surface area (Å²) < 4.78 is 0. The van der Waals surface area contributed by atoms with Crippen LogP contribution in [-0.2, 0) is 9.59 Å². The van der Waals surface area contributed by atoms with Gasteiger partial charge in [0.2, 0.25) is 11.8 Å². The average Bonchev–Trinajstić information content (AvgIpc) is 3.33. The molecule has 2 amide bonds. The highest BCUT2D eigenvalue weighted by Gasteiger charge is 2.62. The summed E-state index contributed by atoms with van der Waals surface area (Å²) in [6.07, 6.45) is 9.90. The molecular formula is C21H19ClN2O4. The van der Waals surface area contributed by atoms with Crippen molar-refractivity contribution >= 4 is 34.8 Å². The smallest absolute Gasteiger partial charge is 0.274 e. The first-order valence-electron chi connectivity index (χ1n) is 9.71. The number of carbonyl (C=O) groups excluding carboxylic acids is 2. The third-order valence-electron chi connectivity index (χ3n) is 6.67. The van der Waals surface area contributed by atoms with Crippen LogP contribution in [0.4, 0.5) is 11.4 Å². The van der Waals surface area contributed by atoms with Crippen LogP contribution in [0.15, 0.2) is 41.5 Å². The molecule has 0 N–H and O–H groups in total. The zero-order valence-corrected chi connectivity index (χ0v) is 15.9. The second-order valence-corrected chi connectivity index (χ2v) is 8.42. The van der Waals surface area contributed by atoms with E-state index in [4.69, 9.17) is 11.6 Å². The number of nitrogens with zero attached hydrogens (tertiary/aromatic N) is 2. The number of hydrogen-bond donors (Lipinski definition) is 0. The molecule has 7 heteroatoms. The number of fused-ring (bicyclic) bond motifs is 5. The SMILES string of the molecule is O=C1[C@H]2[C@H](C(=O)N1c1ccc(Cl)c([N+](=O)[O-])c1)[C@H]1C=C[C@H]2C1=C1CCCCC1. The van der Waals surface area contributed by atoms with E-state index in [9.17, 15) is 19.7 Å². The molecule has 1 aliphatic heterocycles. The number of halogens is 1. The Labute approximate surface area is 167 Å². The lowest BCUT2D eigenvalue weighted by Gasteiger charge is -2.23. The molecule has 3 fully saturated rings. The highest BCUT2D eigenvalue weighted by Crippen LogP contribution is 2.58. The molecule has 6 nitrogen and oxygen atoms in total. The maximum atomic E-state index is 13.2. The molecule has 1 heterocycles. The Morgan fingerprint density at radius 3 is 2.18 bits per heavy atom. The van der Waals surface area contributed by atoms with E-state index in [0.29, 0.717) is 0 Å². The third-order valence-corrected chi connectivity index (χ3v) is 6.99. The summed E-state index contributed by atoms with van der Waals surface area (Å²) in [6, 6.07) is 4.09. The van der Waals surface area contributed by atoms with E-state index >= 15 is 0 Å². The van der Waals surface area contributed by atoms with Gasteiger partial charge in [0.15, 0.2) is 0 Å². The van der Waals surface area contributed by atoms with Crippen molar-refractivity contribution in [3.8, 4) is 0 Å². The fourth-order valence-corrected chi connectivity index (χ4v) is 5.72. The van der Waals surface area contributed by atoms with Gasteiger partial charge < -0.3 is 0 Å². The minimum absolute atomic E-state index is 0.00756. The van der Waals surface area contributed by atoms with Gasteiger partial charge in [-0.15, -0.1) is 0 Å². The predicted octanol–water partition coefficient (Wildman–Crippen LogP) is 4.43. The lowest BCUT2D eigenvalue weighted by molar-refractivity contribution is -0.384. The average molecular weight is 399 g/mol. The monoisotopic (exact) mass is 398 g/mol. The van der Waals surface area contributed by atoms with E-state index in [1.165, 1.54) is 48.6 Å². The zero-order valence-electron chi connectivity index (χ0n) is 15.1. The van der Waals surface area contributed by atoms with Gasteiger partial charge in [-0.25, -0.2) is 4.90 Å². The summed E-state index contributed by atoms with van der Waals surface area (Å²) in [6.45, 7) is 0. The Bertz CT molecular complexity index is 941. The summed E-state index contributed by atoms with van der Waals surface area (Å²) in [5.41, 5.74) is 2.67. The zero-order chi connectivity index (χ0) is 19.6. The number of amides is 2. The van der Waals surface area contributed by atoms with Crippen LogP contribution in [0, 0.1) is 33.8 Å². The lowest BCUT2D eigenvalue weighted by Crippen LogP contribution is -2.33. The van der Waals surface area contributed by atoms with Crippen molar-refractivity contribution in [1.82, 2.24) is 0 Å². The summed E-state index contributed by atoms with van der Waals surface area (Å²) in [5, 5.41) is 11.2. The number of allylic oxidation sites excluding steroid dienone is 4. The number of carbonyl (C=O) groups is 2. The Morgan fingerprint density at radius 1 is 1.00 bits per heavy atom. The molecule has 0 unspecified atom stereocenters. The molecule has 1 aromatic rings. The van der Waals surface area contributed by atoms with E-state index in [1.807, 2.05) is 0 Å². The Kier molecular flexibility index (Phi) is 3.95. The van der Waals surface area contributed by atoms with Crippen LogP contribution in [-0.4, -0.2) is 16.7 Å². The number of anilines is 1. The van der Waals surface area contributed by atoms with Gasteiger partial charge in [0.1, 0.15) is 5.02 Å². The molecule has 5 rings (SSSR count). The summed E-state index contributed by atoms with van der Waals surface area (Å²) >= 11 is 5.88. The van der Waals surface area contributed by atoms with Gasteiger partial charge in [0.05, 0.1) is 22.4 Å². The standard InChI is InChI=1S/C21H19ClN2O4/c22-15-9-6-12(10-16(15)24(27)28)23-20(25)18-13-7-8-14(19(18)21(23)26)17(13)11-4-2-1-3-5-11/h6-10,13-14,18-19H,1-5H2/t13-,14-,18+,19+/m0/s1. The highest BCUT2D eigenvalue weighted by atomic mass is 35.5. The van der Waals surface area contributed by atoms with E-state index in [0.717, 1.165) is 17.7 Å². The Morgan fingerprint density at radius 2 is 1.61 bits per heavy atom. The maximum absolute atomic E-state index is 13.2. The van der Waals surface area contributed by atoms with Gasteiger partial charge >= 0.3 is 0 Å². The first-order valence-corrected chi connectivity index (χ1v) is 10.1. The number of imide groups is 1. The molecular weight excluding hydrogens is 380 g/mol. The van der Waals surface area contributed by atoms with Crippen molar-refractivity contribution in [3.05, 3.63) is 56.6 Å². The second-order valence-electron chi connectivity index (χ2n) is 8.01. The maximum Gasteiger partial charge on any atom is 0.289 e. The molecule has 4 atom stereocenters. The van der Waals surface area contributed by atoms with Crippen LogP contribution in [0.5, 0.6) is 0 Å². The predicted molar refractivity (Wildman–Crippen MR) is 104 cm³/mol. The number of nitro benzene ring substituents is 1. The molecule has 2 saturated carbocycles. The number of nitro groups is 1. The van der Waals surface area contributed by atoms with Crippen LogP contribution in [0.3, 0.4) is 0 Å². The number of benzene rings is 1. The minimum Gasteiger partial charge on any atom is -0.274 e. The summed E-state index contributed by atoms with van der Waals surface area (Å²) in [7, 11) is 0. The number of hydrogen-bond acceptors (Lipinski definition) is 4. The first kappa shape index (κ1) is 17.6. The first-order chi connectivity index (χ1) is 13.5. The van der Waals surface area contributed by atoms with Crippen molar-refractivity contribution < 1.29 is 14.5 Å². The van der Waals surface area contributed by atoms with E-state index in [1.54, 1.807) is 0 Å². The molecule has 0 spiro atoms. The van der Waals surface area contributed by atoms with Crippen LogP contribution in [0.25, 0.3) is 0 Å². The highest BCUT2D eigenvalue weighted by molar-refractivity contribution is 6.33.